The molecule has 6 nitrogen and oxygen atoms in total. The molecule has 6 heteroatoms. The van der Waals surface area contributed by atoms with Gasteiger partial charge in [-0.25, -0.2) is 9.78 Å². The van der Waals surface area contributed by atoms with Gasteiger partial charge in [0.25, 0.3) is 5.91 Å². The van der Waals surface area contributed by atoms with Crippen molar-refractivity contribution in [2.45, 2.75) is 39.2 Å². The zero-order valence-electron chi connectivity index (χ0n) is 16.7. The normalized spacial score (nSPS) is 16.8. The van der Waals surface area contributed by atoms with Crippen molar-refractivity contribution in [2.24, 2.45) is 0 Å². The molecule has 1 aliphatic rings. The van der Waals surface area contributed by atoms with Gasteiger partial charge in [-0.3, -0.25) is 4.79 Å². The topological polar surface area (TPSA) is 72.6 Å². The Morgan fingerprint density at radius 2 is 2.03 bits per heavy atom. The van der Waals surface area contributed by atoms with Gasteiger partial charge in [0.1, 0.15) is 11.5 Å². The van der Waals surface area contributed by atoms with Crippen molar-refractivity contribution < 1.29 is 18.7 Å². The Balaban J connectivity index is 1.58. The molecule has 0 aliphatic carbocycles. The van der Waals surface area contributed by atoms with Crippen molar-refractivity contribution in [1.82, 2.24) is 9.88 Å². The zero-order valence-corrected chi connectivity index (χ0v) is 16.7. The largest absolute Gasteiger partial charge is 0.460 e. The number of carbonyl (C=O) groups is 2. The number of hydrogen-bond donors (Lipinski definition) is 0. The fourth-order valence-electron chi connectivity index (χ4n) is 3.80. The number of pyridine rings is 1. The number of piperidine rings is 1. The minimum atomic E-state index is -0.536. The highest BCUT2D eigenvalue weighted by atomic mass is 16.5. The van der Waals surface area contributed by atoms with Crippen LogP contribution < -0.4 is 0 Å². The molecule has 3 aromatic rings. The molecular formula is C23H24N2O4. The Kier molecular flexibility index (Phi) is 5.34. The first-order valence-corrected chi connectivity index (χ1v) is 9.96. The summed E-state index contributed by atoms with van der Waals surface area (Å²) in [5, 5.41) is 0.684. The molecule has 1 saturated heterocycles. The second-order valence-corrected chi connectivity index (χ2v) is 7.49. The average molecular weight is 392 g/mol. The van der Waals surface area contributed by atoms with Crippen LogP contribution in [0.3, 0.4) is 0 Å². The Labute approximate surface area is 169 Å². The van der Waals surface area contributed by atoms with Gasteiger partial charge in [-0.05, 0) is 57.4 Å². The van der Waals surface area contributed by atoms with Crippen molar-refractivity contribution in [3.63, 3.8) is 0 Å². The lowest BCUT2D eigenvalue weighted by Crippen LogP contribution is -2.44. The van der Waals surface area contributed by atoms with Gasteiger partial charge in [0, 0.05) is 18.0 Å². The van der Waals surface area contributed by atoms with Crippen LogP contribution >= 0.6 is 0 Å². The molecule has 1 amide bonds. The molecule has 4 rings (SSSR count). The van der Waals surface area contributed by atoms with Crippen LogP contribution in [0.4, 0.5) is 0 Å². The Morgan fingerprint density at radius 1 is 1.21 bits per heavy atom. The maximum absolute atomic E-state index is 12.9. The highest BCUT2D eigenvalue weighted by Gasteiger charge is 2.25. The summed E-state index contributed by atoms with van der Waals surface area (Å²) in [6.45, 7) is 4.35. The third-order valence-corrected chi connectivity index (χ3v) is 5.38. The molecule has 29 heavy (non-hydrogen) atoms. The van der Waals surface area contributed by atoms with E-state index in [9.17, 15) is 9.59 Å². The fraction of sp³-hybridized carbons (Fsp3) is 0.348. The van der Waals surface area contributed by atoms with Crippen LogP contribution in [0.15, 0.2) is 46.9 Å². The molecular weight excluding hydrogens is 368 g/mol. The Morgan fingerprint density at radius 3 is 2.79 bits per heavy atom. The van der Waals surface area contributed by atoms with Crippen LogP contribution in [-0.4, -0.2) is 41.0 Å². The first kappa shape index (κ1) is 19.2. The standard InChI is InChI=1S/C23H24N2O4/c1-15-7-5-6-12-25(15)22(26)14-28-23(27)18-13-20(21-11-10-16(2)29-21)24-19-9-4-3-8-17(18)19/h3-4,8-11,13,15H,5-7,12,14H2,1-2H3/t15-/m0/s1. The third kappa shape index (κ3) is 4.01. The maximum Gasteiger partial charge on any atom is 0.339 e. The second kappa shape index (κ2) is 8.07. The smallest absolute Gasteiger partial charge is 0.339 e. The van der Waals surface area contributed by atoms with Gasteiger partial charge >= 0.3 is 5.97 Å². The van der Waals surface area contributed by atoms with E-state index in [0.717, 1.165) is 31.6 Å². The van der Waals surface area contributed by atoms with E-state index in [2.05, 4.69) is 4.98 Å². The number of aryl methyl sites for hydroxylation is 1. The van der Waals surface area contributed by atoms with Crippen LogP contribution in [0.25, 0.3) is 22.4 Å². The van der Waals surface area contributed by atoms with E-state index < -0.39 is 5.97 Å². The van der Waals surface area contributed by atoms with Crippen molar-refractivity contribution in [3.05, 3.63) is 53.8 Å². The van der Waals surface area contributed by atoms with Gasteiger partial charge in [0.2, 0.25) is 0 Å². The molecule has 1 aromatic carbocycles. The van der Waals surface area contributed by atoms with E-state index in [4.69, 9.17) is 9.15 Å². The number of ether oxygens (including phenoxy) is 1. The van der Waals surface area contributed by atoms with E-state index >= 15 is 0 Å². The van der Waals surface area contributed by atoms with Gasteiger partial charge in [-0.2, -0.15) is 0 Å². The zero-order chi connectivity index (χ0) is 20.4. The second-order valence-electron chi connectivity index (χ2n) is 7.49. The SMILES string of the molecule is Cc1ccc(-c2cc(C(=O)OCC(=O)N3CCCC[C@@H]3C)c3ccccc3n2)o1. The van der Waals surface area contributed by atoms with E-state index in [1.807, 2.05) is 50.2 Å². The lowest BCUT2D eigenvalue weighted by molar-refractivity contribution is -0.137. The maximum atomic E-state index is 12.9. The van der Waals surface area contributed by atoms with Crippen LogP contribution in [0.2, 0.25) is 0 Å². The average Bonchev–Trinajstić information content (AvgIpc) is 3.17. The lowest BCUT2D eigenvalue weighted by atomic mass is 10.0. The first-order chi connectivity index (χ1) is 14.0. The summed E-state index contributed by atoms with van der Waals surface area (Å²) in [5.41, 5.74) is 1.60. The van der Waals surface area contributed by atoms with Crippen molar-refractivity contribution in [3.8, 4) is 11.5 Å². The highest BCUT2D eigenvalue weighted by Crippen LogP contribution is 2.27. The van der Waals surface area contributed by atoms with Gasteiger partial charge in [-0.15, -0.1) is 0 Å². The monoisotopic (exact) mass is 392 g/mol. The highest BCUT2D eigenvalue weighted by molar-refractivity contribution is 6.05. The number of hydrogen-bond acceptors (Lipinski definition) is 5. The fourth-order valence-corrected chi connectivity index (χ4v) is 3.80. The lowest BCUT2D eigenvalue weighted by Gasteiger charge is -2.33. The predicted octanol–water partition coefficient (Wildman–Crippen LogP) is 4.36. The molecule has 1 aliphatic heterocycles. The molecule has 0 N–H and O–H groups in total. The van der Waals surface area contributed by atoms with Gasteiger partial charge in [0.05, 0.1) is 11.1 Å². The van der Waals surface area contributed by atoms with E-state index in [1.54, 1.807) is 11.0 Å². The molecule has 0 spiro atoms. The van der Waals surface area contributed by atoms with Crippen LogP contribution in [0.1, 0.15) is 42.3 Å². The van der Waals surface area contributed by atoms with Crippen LogP contribution in [0.5, 0.6) is 0 Å². The summed E-state index contributed by atoms with van der Waals surface area (Å²) in [5.74, 6) is 0.665. The van der Waals surface area contributed by atoms with E-state index in [0.29, 0.717) is 27.9 Å². The van der Waals surface area contributed by atoms with Crippen molar-refractivity contribution >= 4 is 22.8 Å². The van der Waals surface area contributed by atoms with Gasteiger partial charge < -0.3 is 14.1 Å². The molecule has 1 fully saturated rings. The van der Waals surface area contributed by atoms with E-state index in [-0.39, 0.29) is 18.6 Å². The number of esters is 1. The number of likely N-dealkylation sites (tertiary alicyclic amines) is 1. The number of carbonyl (C=O) groups excluding carboxylic acids is 2. The minimum Gasteiger partial charge on any atom is -0.460 e. The number of benzene rings is 1. The summed E-state index contributed by atoms with van der Waals surface area (Å²) in [6.07, 6.45) is 3.11. The quantitative estimate of drug-likeness (QED) is 0.617. The molecule has 3 heterocycles. The third-order valence-electron chi connectivity index (χ3n) is 5.38. The van der Waals surface area contributed by atoms with Crippen LogP contribution in [0, 0.1) is 6.92 Å². The number of nitrogens with zero attached hydrogens (tertiary/aromatic N) is 2. The number of para-hydroxylation sites is 1. The minimum absolute atomic E-state index is 0.147. The van der Waals surface area contributed by atoms with Crippen molar-refractivity contribution in [2.75, 3.05) is 13.2 Å². The number of rotatable bonds is 4. The van der Waals surface area contributed by atoms with E-state index in [1.165, 1.54) is 0 Å². The molecule has 0 radical (unpaired) electrons. The summed E-state index contributed by atoms with van der Waals surface area (Å²) >= 11 is 0. The number of aromatic nitrogens is 1. The molecule has 0 saturated carbocycles. The first-order valence-electron chi connectivity index (χ1n) is 9.96. The van der Waals surface area contributed by atoms with Gasteiger partial charge in [-0.1, -0.05) is 18.2 Å². The predicted molar refractivity (Wildman–Crippen MR) is 109 cm³/mol. The molecule has 2 aromatic heterocycles. The summed E-state index contributed by atoms with van der Waals surface area (Å²) in [7, 11) is 0. The Hall–Kier alpha value is -3.15. The summed E-state index contributed by atoms with van der Waals surface area (Å²) < 4.78 is 11.1. The Bertz CT molecular complexity index is 1060. The number of amides is 1. The number of furan rings is 1. The number of fused-ring (bicyclic) bond motifs is 1. The molecule has 1 atom stereocenters. The van der Waals surface area contributed by atoms with Crippen molar-refractivity contribution in [1.29, 1.82) is 0 Å². The van der Waals surface area contributed by atoms with Gasteiger partial charge in [0.15, 0.2) is 12.4 Å². The summed E-state index contributed by atoms with van der Waals surface area (Å²) in [4.78, 5) is 31.8. The molecule has 0 unspecified atom stereocenters. The van der Waals surface area contributed by atoms with Crippen LogP contribution in [-0.2, 0) is 9.53 Å². The summed E-state index contributed by atoms with van der Waals surface area (Å²) in [6, 6.07) is 12.9. The molecule has 150 valence electrons. The molecule has 0 bridgehead atoms.